The van der Waals surface area contributed by atoms with Crippen LogP contribution in [0.3, 0.4) is 0 Å². The molecular formula is C36H44Cl2N4O6. The van der Waals surface area contributed by atoms with E-state index in [-0.39, 0.29) is 27.9 Å². The first-order valence-electron chi connectivity index (χ1n) is 16.4. The number of aliphatic imine (C=N–C) groups is 1. The van der Waals surface area contributed by atoms with E-state index in [1.807, 2.05) is 29.2 Å². The number of piperazine rings is 1. The molecule has 2 fully saturated rings. The minimum atomic E-state index is -1.14. The smallest absolute Gasteiger partial charge is 0.336 e. The fraction of sp³-hybridized carbons (Fsp3) is 0.500. The highest BCUT2D eigenvalue weighted by Crippen LogP contribution is 2.46. The quantitative estimate of drug-likeness (QED) is 0.319. The maximum atomic E-state index is 14.0. The molecule has 3 aliphatic heterocycles. The van der Waals surface area contributed by atoms with E-state index in [9.17, 15) is 14.4 Å². The number of carbonyl (C=O) groups is 3. The van der Waals surface area contributed by atoms with Crippen molar-refractivity contribution in [2.75, 3.05) is 67.6 Å². The first-order chi connectivity index (χ1) is 23.2. The zero-order valence-corrected chi connectivity index (χ0v) is 29.6. The van der Waals surface area contributed by atoms with Crippen molar-refractivity contribution in [2.45, 2.75) is 44.1 Å². The van der Waals surface area contributed by atoms with Crippen LogP contribution in [0.2, 0.25) is 10.0 Å². The number of halogens is 2. The van der Waals surface area contributed by atoms with Crippen molar-refractivity contribution in [1.29, 1.82) is 0 Å². The molecule has 0 radical (unpaired) electrons. The zero-order valence-electron chi connectivity index (χ0n) is 28.0. The van der Waals surface area contributed by atoms with Crippen molar-refractivity contribution in [3.05, 3.63) is 74.9 Å². The summed E-state index contributed by atoms with van der Waals surface area (Å²) < 4.78 is 16.1. The van der Waals surface area contributed by atoms with Crippen molar-refractivity contribution >= 4 is 46.8 Å². The molecule has 258 valence electrons. The molecule has 0 bridgehead atoms. The van der Waals surface area contributed by atoms with Gasteiger partial charge in [0.05, 0.1) is 39.0 Å². The van der Waals surface area contributed by atoms with E-state index in [0.29, 0.717) is 54.7 Å². The van der Waals surface area contributed by atoms with Crippen molar-refractivity contribution in [3.63, 3.8) is 0 Å². The average Bonchev–Trinajstić information content (AvgIpc) is 3.10. The molecular weight excluding hydrogens is 655 g/mol. The number of hydrogen-bond donors (Lipinski definition) is 0. The van der Waals surface area contributed by atoms with E-state index in [2.05, 4.69) is 16.8 Å². The number of allylic oxidation sites excluding steroid dienone is 1. The zero-order chi connectivity index (χ0) is 34.4. The van der Waals surface area contributed by atoms with E-state index in [1.165, 1.54) is 14.2 Å². The van der Waals surface area contributed by atoms with Crippen LogP contribution in [0.5, 0.6) is 5.75 Å². The number of ether oxygens (including phenoxy) is 3. The third-order valence-electron chi connectivity index (χ3n) is 9.79. The highest BCUT2D eigenvalue weighted by Gasteiger charge is 2.46. The molecule has 3 aliphatic rings. The summed E-state index contributed by atoms with van der Waals surface area (Å²) in [4.78, 5) is 52.9. The second kappa shape index (κ2) is 16.3. The molecule has 3 heterocycles. The van der Waals surface area contributed by atoms with Gasteiger partial charge in [-0.1, -0.05) is 47.5 Å². The average molecular weight is 700 g/mol. The number of esters is 2. The second-order valence-electron chi connectivity index (χ2n) is 12.5. The monoisotopic (exact) mass is 698 g/mol. The molecule has 48 heavy (non-hydrogen) atoms. The van der Waals surface area contributed by atoms with Gasteiger partial charge in [0.25, 0.3) is 0 Å². The number of nitrogens with zero attached hydrogens (tertiary/aromatic N) is 4. The molecule has 2 atom stereocenters. The Morgan fingerprint density at radius 3 is 2.15 bits per heavy atom. The van der Waals surface area contributed by atoms with Crippen LogP contribution in [0.15, 0.2) is 58.7 Å². The predicted octanol–water partition coefficient (Wildman–Crippen LogP) is 5.02. The van der Waals surface area contributed by atoms with Gasteiger partial charge in [-0.15, -0.1) is 0 Å². The first-order valence-corrected chi connectivity index (χ1v) is 17.1. The number of carbonyl (C=O) groups excluding carboxylic acids is 3. The van der Waals surface area contributed by atoms with Gasteiger partial charge in [0.1, 0.15) is 11.7 Å². The number of para-hydroxylation sites is 1. The third kappa shape index (κ3) is 7.88. The minimum Gasteiger partial charge on any atom is -0.496 e. The van der Waals surface area contributed by atoms with E-state index in [0.717, 1.165) is 44.6 Å². The molecule has 2 aromatic rings. The third-order valence-corrected chi connectivity index (χ3v) is 10.5. The molecule has 5 rings (SSSR count). The Balaban J connectivity index is 1.51. The first kappa shape index (κ1) is 35.9. The van der Waals surface area contributed by atoms with Crippen LogP contribution in [-0.2, 0) is 30.3 Å². The maximum absolute atomic E-state index is 14.0. The molecule has 0 aromatic heterocycles. The van der Waals surface area contributed by atoms with Crippen LogP contribution in [0.25, 0.3) is 0 Å². The highest BCUT2D eigenvalue weighted by atomic mass is 35.5. The van der Waals surface area contributed by atoms with Crippen molar-refractivity contribution in [1.82, 2.24) is 14.7 Å². The predicted molar refractivity (Wildman–Crippen MR) is 186 cm³/mol. The van der Waals surface area contributed by atoms with Gasteiger partial charge in [0.2, 0.25) is 5.91 Å². The Labute approximate surface area is 292 Å². The normalized spacial score (nSPS) is 21.1. The molecule has 2 unspecified atom stereocenters. The molecule has 2 aromatic carbocycles. The number of benzene rings is 2. The Hall–Kier alpha value is -3.44. The van der Waals surface area contributed by atoms with Crippen LogP contribution in [0.4, 0.5) is 0 Å². The van der Waals surface area contributed by atoms with Crippen molar-refractivity contribution in [2.24, 2.45) is 10.9 Å². The van der Waals surface area contributed by atoms with Gasteiger partial charge in [-0.3, -0.25) is 19.5 Å². The van der Waals surface area contributed by atoms with E-state index < -0.39 is 23.8 Å². The summed E-state index contributed by atoms with van der Waals surface area (Å²) >= 11 is 13.5. The largest absolute Gasteiger partial charge is 0.496 e. The van der Waals surface area contributed by atoms with Gasteiger partial charge in [-0.05, 0) is 75.1 Å². The number of methoxy groups -OCH3 is 3. The van der Waals surface area contributed by atoms with Gasteiger partial charge in [0.15, 0.2) is 0 Å². The number of piperidine rings is 1. The van der Waals surface area contributed by atoms with Gasteiger partial charge in [0, 0.05) is 53.9 Å². The van der Waals surface area contributed by atoms with Crippen LogP contribution < -0.4 is 4.74 Å². The Morgan fingerprint density at radius 1 is 0.854 bits per heavy atom. The number of likely N-dealkylation sites (tertiary alicyclic amines) is 1. The molecule has 1 amide bonds. The fourth-order valence-electron chi connectivity index (χ4n) is 7.18. The molecule has 12 heteroatoms. The molecule has 0 N–H and O–H groups in total. The summed E-state index contributed by atoms with van der Waals surface area (Å²) in [7, 11) is 6.30. The fourth-order valence-corrected chi connectivity index (χ4v) is 7.81. The lowest BCUT2D eigenvalue weighted by atomic mass is 9.73. The molecule has 0 saturated carbocycles. The lowest BCUT2D eigenvalue weighted by Gasteiger charge is -2.42. The van der Waals surface area contributed by atoms with Crippen LogP contribution in [0, 0.1) is 5.92 Å². The van der Waals surface area contributed by atoms with Gasteiger partial charge in [-0.2, -0.15) is 0 Å². The lowest BCUT2D eigenvalue weighted by Crippen LogP contribution is -2.54. The standard InChI is InChI=1S/C36H44Cl2N4O6/c1-40-16-14-24(15-17-40)41-18-20-42(21-19-41)30(43)22-28-33(36(45)48-4)34(31-25(37)9-7-10-26(31)38)32(35(44)47-3)27(39-28)13-12-23-8-5-6-11-29(23)46-2/h5-11,24,33-34H,12-22H2,1-4H3. The van der Waals surface area contributed by atoms with E-state index >= 15 is 0 Å². The summed E-state index contributed by atoms with van der Waals surface area (Å²) in [5, 5.41) is 0.536. The second-order valence-corrected chi connectivity index (χ2v) is 13.3. The highest BCUT2D eigenvalue weighted by molar-refractivity contribution is 6.36. The topological polar surface area (TPSA) is 101 Å². The van der Waals surface area contributed by atoms with Gasteiger partial charge < -0.3 is 24.0 Å². The lowest BCUT2D eigenvalue weighted by molar-refractivity contribution is -0.143. The Morgan fingerprint density at radius 2 is 1.52 bits per heavy atom. The van der Waals surface area contributed by atoms with E-state index in [1.54, 1.807) is 25.3 Å². The van der Waals surface area contributed by atoms with Crippen molar-refractivity contribution < 1.29 is 28.6 Å². The van der Waals surface area contributed by atoms with Crippen LogP contribution in [-0.4, -0.2) is 112 Å². The molecule has 10 nitrogen and oxygen atoms in total. The van der Waals surface area contributed by atoms with Crippen LogP contribution in [0.1, 0.15) is 42.7 Å². The summed E-state index contributed by atoms with van der Waals surface area (Å²) in [5.41, 5.74) is 2.13. The molecule has 0 spiro atoms. The SMILES string of the molecule is COC(=O)C1=C(CCc2ccccc2OC)N=C(CC(=O)N2CCN(C3CCN(C)CC3)CC2)C(C(=O)OC)C1c1c(Cl)cccc1Cl. The van der Waals surface area contributed by atoms with Crippen molar-refractivity contribution in [3.8, 4) is 5.75 Å². The van der Waals surface area contributed by atoms with Crippen LogP contribution >= 0.6 is 23.2 Å². The maximum Gasteiger partial charge on any atom is 0.336 e. The summed E-state index contributed by atoms with van der Waals surface area (Å²) in [5.74, 6) is -2.90. The van der Waals surface area contributed by atoms with Gasteiger partial charge in [-0.25, -0.2) is 4.79 Å². The summed E-state index contributed by atoms with van der Waals surface area (Å²) in [6.45, 7) is 4.92. The Bertz CT molecular complexity index is 1540. The summed E-state index contributed by atoms with van der Waals surface area (Å²) in [6, 6.07) is 13.1. The number of amides is 1. The number of aryl methyl sites for hydroxylation is 1. The minimum absolute atomic E-state index is 0.126. The van der Waals surface area contributed by atoms with Gasteiger partial charge >= 0.3 is 11.9 Å². The number of rotatable bonds is 10. The summed E-state index contributed by atoms with van der Waals surface area (Å²) in [6.07, 6.45) is 2.89. The molecule has 0 aliphatic carbocycles. The number of hydrogen-bond acceptors (Lipinski definition) is 9. The molecule has 2 saturated heterocycles. The van der Waals surface area contributed by atoms with E-state index in [4.69, 9.17) is 42.4 Å². The Kier molecular flexibility index (Phi) is 12.2.